The average molecular weight is 396 g/mol. The molecule has 0 aliphatic carbocycles. The van der Waals surface area contributed by atoms with Crippen LogP contribution in [0.2, 0.25) is 0 Å². The quantitative estimate of drug-likeness (QED) is 0.421. The van der Waals surface area contributed by atoms with Crippen LogP contribution in [-0.2, 0) is 14.3 Å². The lowest BCUT2D eigenvalue weighted by Crippen LogP contribution is -1.97. The lowest BCUT2D eigenvalue weighted by molar-refractivity contribution is -0.149. The summed E-state index contributed by atoms with van der Waals surface area (Å²) >= 11 is 0. The number of ether oxygens (including phenoxy) is 5. The first kappa shape index (κ1) is 20.0. The van der Waals surface area contributed by atoms with Gasteiger partial charge in [0.05, 0.1) is 39.6 Å². The molecule has 150 valence electrons. The van der Waals surface area contributed by atoms with E-state index in [0.29, 0.717) is 34.1 Å². The highest BCUT2D eigenvalue weighted by Gasteiger charge is 2.33. The summed E-state index contributed by atoms with van der Waals surface area (Å²) in [5, 5.41) is 0. The lowest BCUT2D eigenvalue weighted by Gasteiger charge is -2.08. The Morgan fingerprint density at radius 2 is 1.00 bits per heavy atom. The molecule has 0 spiro atoms. The van der Waals surface area contributed by atoms with Crippen molar-refractivity contribution in [3.63, 3.8) is 0 Å². The van der Waals surface area contributed by atoms with Crippen molar-refractivity contribution >= 4 is 24.1 Å². The van der Waals surface area contributed by atoms with Gasteiger partial charge in [0.25, 0.3) is 0 Å². The number of methoxy groups -OCH3 is 4. The molecule has 0 amide bonds. The first-order valence-electron chi connectivity index (χ1n) is 8.65. The Bertz CT molecular complexity index is 936. The Hall–Kier alpha value is -3.74. The normalized spacial score (nSPS) is 16.1. The van der Waals surface area contributed by atoms with Crippen molar-refractivity contribution in [1.82, 2.24) is 0 Å². The molecule has 29 heavy (non-hydrogen) atoms. The van der Waals surface area contributed by atoms with Crippen molar-refractivity contribution in [1.29, 1.82) is 0 Å². The Labute approximate surface area is 168 Å². The summed E-state index contributed by atoms with van der Waals surface area (Å²) in [5.41, 5.74) is 1.61. The summed E-state index contributed by atoms with van der Waals surface area (Å²) in [6.07, 6.45) is 3.14. The predicted molar refractivity (Wildman–Crippen MR) is 106 cm³/mol. The number of carbonyl (C=O) groups is 2. The van der Waals surface area contributed by atoms with Crippen LogP contribution in [0.4, 0.5) is 0 Å². The van der Waals surface area contributed by atoms with Crippen molar-refractivity contribution in [2.24, 2.45) is 0 Å². The molecular formula is C22H20O7. The highest BCUT2D eigenvalue weighted by molar-refractivity contribution is 6.22. The summed E-state index contributed by atoms with van der Waals surface area (Å²) in [6.45, 7) is 0. The molecule has 0 N–H and O–H groups in total. The van der Waals surface area contributed by atoms with Crippen molar-refractivity contribution in [3.8, 4) is 23.0 Å². The van der Waals surface area contributed by atoms with E-state index in [1.165, 1.54) is 28.4 Å². The molecule has 0 radical (unpaired) electrons. The van der Waals surface area contributed by atoms with Crippen molar-refractivity contribution in [2.75, 3.05) is 28.4 Å². The highest BCUT2D eigenvalue weighted by atomic mass is 16.6. The maximum atomic E-state index is 12.2. The third-order valence-corrected chi connectivity index (χ3v) is 4.35. The molecule has 1 aliphatic heterocycles. The molecule has 7 heteroatoms. The van der Waals surface area contributed by atoms with Crippen LogP contribution >= 0.6 is 0 Å². The molecule has 0 saturated carbocycles. The molecule has 1 heterocycles. The van der Waals surface area contributed by atoms with E-state index in [9.17, 15) is 9.59 Å². The smallest absolute Gasteiger partial charge is 0.346 e. The number of esters is 2. The topological polar surface area (TPSA) is 80.3 Å². The van der Waals surface area contributed by atoms with Crippen LogP contribution in [0.3, 0.4) is 0 Å². The van der Waals surface area contributed by atoms with E-state index >= 15 is 0 Å². The first-order chi connectivity index (χ1) is 14.0. The summed E-state index contributed by atoms with van der Waals surface area (Å²) in [6, 6.07) is 10.3. The number of cyclic esters (lactones) is 2. The molecule has 1 saturated heterocycles. The summed E-state index contributed by atoms with van der Waals surface area (Å²) < 4.78 is 25.8. The fourth-order valence-corrected chi connectivity index (χ4v) is 2.91. The zero-order valence-corrected chi connectivity index (χ0v) is 16.5. The third kappa shape index (κ3) is 4.08. The van der Waals surface area contributed by atoms with Crippen LogP contribution in [0.15, 0.2) is 47.5 Å². The van der Waals surface area contributed by atoms with E-state index in [4.69, 9.17) is 23.7 Å². The van der Waals surface area contributed by atoms with Gasteiger partial charge in [0, 0.05) is 0 Å². The van der Waals surface area contributed by atoms with Gasteiger partial charge in [0.2, 0.25) is 0 Å². The van der Waals surface area contributed by atoms with Gasteiger partial charge in [-0.1, -0.05) is 12.1 Å². The number of carbonyl (C=O) groups excluding carboxylic acids is 2. The fourth-order valence-electron chi connectivity index (χ4n) is 2.91. The predicted octanol–water partition coefficient (Wildman–Crippen LogP) is 3.27. The van der Waals surface area contributed by atoms with Crippen molar-refractivity contribution < 1.29 is 33.3 Å². The number of hydrogen-bond donors (Lipinski definition) is 0. The van der Waals surface area contributed by atoms with Crippen LogP contribution < -0.4 is 18.9 Å². The van der Waals surface area contributed by atoms with E-state index in [-0.39, 0.29) is 11.1 Å². The third-order valence-electron chi connectivity index (χ3n) is 4.35. The van der Waals surface area contributed by atoms with E-state index in [1.807, 2.05) is 0 Å². The summed E-state index contributed by atoms with van der Waals surface area (Å²) in [4.78, 5) is 24.5. The van der Waals surface area contributed by atoms with Gasteiger partial charge in [-0.15, -0.1) is 0 Å². The van der Waals surface area contributed by atoms with Gasteiger partial charge < -0.3 is 23.7 Å². The summed E-state index contributed by atoms with van der Waals surface area (Å²) in [5.74, 6) is 0.699. The van der Waals surface area contributed by atoms with Gasteiger partial charge in [-0.05, 0) is 47.5 Å². The fraction of sp³-hybridized carbons (Fsp3) is 0.182. The van der Waals surface area contributed by atoms with Gasteiger partial charge in [-0.3, -0.25) is 0 Å². The zero-order valence-electron chi connectivity index (χ0n) is 16.5. The van der Waals surface area contributed by atoms with Crippen molar-refractivity contribution in [3.05, 3.63) is 58.7 Å². The molecule has 1 fully saturated rings. The van der Waals surface area contributed by atoms with E-state index in [1.54, 1.807) is 48.6 Å². The van der Waals surface area contributed by atoms with Crippen LogP contribution in [0.25, 0.3) is 12.2 Å². The van der Waals surface area contributed by atoms with E-state index < -0.39 is 11.9 Å². The minimum absolute atomic E-state index is 0.150. The van der Waals surface area contributed by atoms with E-state index in [2.05, 4.69) is 0 Å². The Morgan fingerprint density at radius 1 is 0.621 bits per heavy atom. The molecule has 0 bridgehead atoms. The molecule has 3 rings (SSSR count). The van der Waals surface area contributed by atoms with Gasteiger partial charge >= 0.3 is 11.9 Å². The lowest BCUT2D eigenvalue weighted by atomic mass is 10.0. The largest absolute Gasteiger partial charge is 0.493 e. The molecule has 7 nitrogen and oxygen atoms in total. The minimum atomic E-state index is -0.712. The Morgan fingerprint density at radius 3 is 1.34 bits per heavy atom. The second kappa shape index (κ2) is 8.52. The maximum Gasteiger partial charge on any atom is 0.346 e. The molecule has 0 aromatic heterocycles. The van der Waals surface area contributed by atoms with Crippen LogP contribution in [-0.4, -0.2) is 40.4 Å². The number of hydrogen-bond acceptors (Lipinski definition) is 7. The van der Waals surface area contributed by atoms with Crippen LogP contribution in [0.1, 0.15) is 11.1 Å². The first-order valence-corrected chi connectivity index (χ1v) is 8.65. The van der Waals surface area contributed by atoms with Crippen LogP contribution in [0, 0.1) is 0 Å². The number of rotatable bonds is 6. The van der Waals surface area contributed by atoms with Crippen LogP contribution in [0.5, 0.6) is 23.0 Å². The van der Waals surface area contributed by atoms with E-state index in [0.717, 1.165) is 0 Å². The SMILES string of the molecule is COc1ccc(C=C2C(=O)OC(=O)/C2=C/c2ccc(OC)c(OC)c2)cc1OC. The molecule has 1 aliphatic rings. The van der Waals surface area contributed by atoms with Gasteiger partial charge in [0.15, 0.2) is 23.0 Å². The molecule has 0 unspecified atom stereocenters. The van der Waals surface area contributed by atoms with Gasteiger partial charge in [0.1, 0.15) is 0 Å². The zero-order chi connectivity index (χ0) is 21.0. The molecule has 2 aromatic rings. The van der Waals surface area contributed by atoms with Crippen molar-refractivity contribution in [2.45, 2.75) is 0 Å². The monoisotopic (exact) mass is 396 g/mol. The second-order valence-corrected chi connectivity index (χ2v) is 6.02. The van der Waals surface area contributed by atoms with Gasteiger partial charge in [-0.2, -0.15) is 0 Å². The highest BCUT2D eigenvalue weighted by Crippen LogP contribution is 2.33. The minimum Gasteiger partial charge on any atom is -0.493 e. The average Bonchev–Trinajstić information content (AvgIpc) is 3.00. The Balaban J connectivity index is 2.04. The number of benzene rings is 2. The molecular weight excluding hydrogens is 376 g/mol. The molecule has 2 aromatic carbocycles. The maximum absolute atomic E-state index is 12.2. The Kier molecular flexibility index (Phi) is 5.87. The molecule has 0 atom stereocenters. The second-order valence-electron chi connectivity index (χ2n) is 6.02. The summed E-state index contributed by atoms with van der Waals surface area (Å²) in [7, 11) is 6.11. The standard InChI is InChI=1S/C22H20O7/c1-25-17-7-5-13(11-19(17)27-3)9-15-16(22(24)29-21(15)23)10-14-6-8-18(26-2)20(12-14)28-4/h5-12H,1-4H3/b15-9+,16-10?. The van der Waals surface area contributed by atoms with Gasteiger partial charge in [-0.25, -0.2) is 9.59 Å².